The van der Waals surface area contributed by atoms with Crippen molar-refractivity contribution in [2.24, 2.45) is 0 Å². The Kier molecular flexibility index (Phi) is 5.19. The number of hydrogen-bond donors (Lipinski definition) is 1. The van der Waals surface area contributed by atoms with Gasteiger partial charge in [-0.2, -0.15) is 0 Å². The summed E-state index contributed by atoms with van der Waals surface area (Å²) in [5.74, 6) is -0.640. The molecule has 0 aliphatic carbocycles. The van der Waals surface area contributed by atoms with Gasteiger partial charge in [0.2, 0.25) is 10.0 Å². The van der Waals surface area contributed by atoms with Crippen LogP contribution in [-0.2, 0) is 10.0 Å². The highest BCUT2D eigenvalue weighted by molar-refractivity contribution is 7.89. The summed E-state index contributed by atoms with van der Waals surface area (Å²) in [6, 6.07) is 10.0. The van der Waals surface area contributed by atoms with E-state index in [1.165, 1.54) is 44.4 Å². The minimum Gasteiger partial charge on any atom is -0.322 e. The van der Waals surface area contributed by atoms with E-state index in [9.17, 15) is 23.3 Å². The van der Waals surface area contributed by atoms with Crippen LogP contribution >= 0.6 is 0 Å². The van der Waals surface area contributed by atoms with Crippen molar-refractivity contribution in [3.05, 3.63) is 63.7 Å². The van der Waals surface area contributed by atoms with Crippen LogP contribution in [0.4, 0.5) is 11.4 Å². The number of sulfonamides is 1. The summed E-state index contributed by atoms with van der Waals surface area (Å²) in [5.41, 5.74) is 0.394. The van der Waals surface area contributed by atoms with E-state index in [-0.39, 0.29) is 16.1 Å². The number of nitro groups is 1. The molecule has 0 atom stereocenters. The average Bonchev–Trinajstić information content (AvgIpc) is 2.54. The van der Waals surface area contributed by atoms with Crippen molar-refractivity contribution in [1.82, 2.24) is 4.31 Å². The number of benzene rings is 2. The van der Waals surface area contributed by atoms with Gasteiger partial charge in [0.25, 0.3) is 11.6 Å². The van der Waals surface area contributed by atoms with Gasteiger partial charge in [0.1, 0.15) is 5.56 Å². The third kappa shape index (κ3) is 3.83. The molecule has 2 aromatic rings. The average molecular weight is 363 g/mol. The van der Waals surface area contributed by atoms with Crippen LogP contribution in [0.5, 0.6) is 0 Å². The molecule has 8 nitrogen and oxygen atoms in total. The minimum absolute atomic E-state index is 0.0602. The van der Waals surface area contributed by atoms with Crippen LogP contribution < -0.4 is 5.32 Å². The molecule has 0 aliphatic rings. The van der Waals surface area contributed by atoms with Crippen LogP contribution in [0.2, 0.25) is 0 Å². The Hall–Kier alpha value is -2.78. The van der Waals surface area contributed by atoms with Crippen molar-refractivity contribution >= 4 is 27.3 Å². The van der Waals surface area contributed by atoms with E-state index in [1.807, 2.05) is 0 Å². The van der Waals surface area contributed by atoms with Crippen molar-refractivity contribution in [3.8, 4) is 0 Å². The molecule has 0 radical (unpaired) electrons. The van der Waals surface area contributed by atoms with E-state index < -0.39 is 20.9 Å². The Labute approximate surface area is 145 Å². The van der Waals surface area contributed by atoms with Crippen LogP contribution in [0.25, 0.3) is 0 Å². The van der Waals surface area contributed by atoms with Gasteiger partial charge in [-0.05, 0) is 37.3 Å². The lowest BCUT2D eigenvalue weighted by molar-refractivity contribution is -0.385. The molecule has 0 saturated heterocycles. The first-order valence-corrected chi connectivity index (χ1v) is 8.66. The second kappa shape index (κ2) is 6.99. The van der Waals surface area contributed by atoms with Crippen LogP contribution in [0.3, 0.4) is 0 Å². The highest BCUT2D eigenvalue weighted by atomic mass is 32.2. The molecular weight excluding hydrogens is 346 g/mol. The Morgan fingerprint density at radius 3 is 2.24 bits per heavy atom. The number of nitrogens with zero attached hydrogens (tertiary/aromatic N) is 2. The molecule has 2 aromatic carbocycles. The predicted molar refractivity (Wildman–Crippen MR) is 93.1 cm³/mol. The second-order valence-corrected chi connectivity index (χ2v) is 7.65. The molecule has 0 aliphatic heterocycles. The predicted octanol–water partition coefficient (Wildman–Crippen LogP) is 2.41. The Balaban J connectivity index is 2.28. The zero-order valence-corrected chi connectivity index (χ0v) is 14.7. The maximum atomic E-state index is 12.3. The first kappa shape index (κ1) is 18.6. The van der Waals surface area contributed by atoms with Crippen molar-refractivity contribution in [2.45, 2.75) is 11.8 Å². The van der Waals surface area contributed by atoms with Gasteiger partial charge in [0.15, 0.2) is 0 Å². The van der Waals surface area contributed by atoms with E-state index in [0.29, 0.717) is 11.3 Å². The summed E-state index contributed by atoms with van der Waals surface area (Å²) in [7, 11) is -0.729. The quantitative estimate of drug-likeness (QED) is 0.648. The highest BCUT2D eigenvalue weighted by Crippen LogP contribution is 2.24. The van der Waals surface area contributed by atoms with Gasteiger partial charge >= 0.3 is 0 Å². The normalized spacial score (nSPS) is 11.4. The van der Waals surface area contributed by atoms with Gasteiger partial charge in [-0.1, -0.05) is 12.1 Å². The summed E-state index contributed by atoms with van der Waals surface area (Å²) in [4.78, 5) is 23.0. The summed E-state index contributed by atoms with van der Waals surface area (Å²) in [5, 5.41) is 13.7. The number of hydrogen-bond acceptors (Lipinski definition) is 5. The zero-order valence-electron chi connectivity index (χ0n) is 13.9. The number of aryl methyl sites for hydroxylation is 1. The third-order valence-corrected chi connectivity index (χ3v) is 5.39. The number of carbonyl (C=O) groups excluding carboxylic acids is 1. The van der Waals surface area contributed by atoms with Gasteiger partial charge in [0.05, 0.1) is 9.82 Å². The van der Waals surface area contributed by atoms with Crippen molar-refractivity contribution in [2.75, 3.05) is 19.4 Å². The molecular formula is C16H17N3O5S. The monoisotopic (exact) mass is 363 g/mol. The van der Waals surface area contributed by atoms with Gasteiger partial charge in [-0.3, -0.25) is 14.9 Å². The molecule has 0 spiro atoms. The van der Waals surface area contributed by atoms with Crippen LogP contribution in [0.15, 0.2) is 47.4 Å². The standard InChI is InChI=1S/C16H17N3O5S/c1-11-5-4-6-14(15(11)19(21)22)16(20)17-12-7-9-13(10-8-12)25(23,24)18(2)3/h4-10H,1-3H3,(H,17,20). The molecule has 0 heterocycles. The van der Waals surface area contributed by atoms with Crippen LogP contribution in [-0.4, -0.2) is 37.6 Å². The van der Waals surface area contributed by atoms with Gasteiger partial charge in [-0.15, -0.1) is 0 Å². The van der Waals surface area contributed by atoms with E-state index in [1.54, 1.807) is 19.1 Å². The van der Waals surface area contributed by atoms with Gasteiger partial charge < -0.3 is 5.32 Å². The smallest absolute Gasteiger partial charge is 0.285 e. The maximum absolute atomic E-state index is 12.3. The fraction of sp³-hybridized carbons (Fsp3) is 0.188. The Morgan fingerprint density at radius 2 is 1.72 bits per heavy atom. The summed E-state index contributed by atoms with van der Waals surface area (Å²) >= 11 is 0. The molecule has 132 valence electrons. The number of nitrogens with one attached hydrogen (secondary N) is 1. The molecule has 2 rings (SSSR count). The maximum Gasteiger partial charge on any atom is 0.285 e. The molecule has 9 heteroatoms. The van der Waals surface area contributed by atoms with E-state index in [4.69, 9.17) is 0 Å². The van der Waals surface area contributed by atoms with E-state index in [0.717, 1.165) is 4.31 Å². The zero-order chi connectivity index (χ0) is 18.8. The topological polar surface area (TPSA) is 110 Å². The Bertz CT molecular complexity index is 921. The molecule has 25 heavy (non-hydrogen) atoms. The SMILES string of the molecule is Cc1cccc(C(=O)Nc2ccc(S(=O)(=O)N(C)C)cc2)c1[N+](=O)[O-]. The molecule has 0 fully saturated rings. The first-order valence-electron chi connectivity index (χ1n) is 7.22. The largest absolute Gasteiger partial charge is 0.322 e. The number of para-hydroxylation sites is 1. The summed E-state index contributed by atoms with van der Waals surface area (Å²) in [6.45, 7) is 1.55. The lowest BCUT2D eigenvalue weighted by Crippen LogP contribution is -2.22. The number of carbonyl (C=O) groups is 1. The second-order valence-electron chi connectivity index (χ2n) is 5.49. The fourth-order valence-corrected chi connectivity index (χ4v) is 3.11. The molecule has 1 N–H and O–H groups in total. The molecule has 0 bridgehead atoms. The van der Waals surface area contributed by atoms with Crippen LogP contribution in [0.1, 0.15) is 15.9 Å². The van der Waals surface area contributed by atoms with Crippen LogP contribution in [0, 0.1) is 17.0 Å². The lowest BCUT2D eigenvalue weighted by Gasteiger charge is -2.12. The molecule has 1 amide bonds. The summed E-state index contributed by atoms with van der Waals surface area (Å²) in [6.07, 6.45) is 0. The Morgan fingerprint density at radius 1 is 1.12 bits per heavy atom. The van der Waals surface area contributed by atoms with E-state index in [2.05, 4.69) is 5.32 Å². The van der Waals surface area contributed by atoms with E-state index >= 15 is 0 Å². The number of anilines is 1. The summed E-state index contributed by atoms with van der Waals surface area (Å²) < 4.78 is 25.1. The van der Waals surface area contributed by atoms with Crippen molar-refractivity contribution < 1.29 is 18.1 Å². The fourth-order valence-electron chi connectivity index (χ4n) is 2.20. The number of nitro benzene ring substituents is 1. The third-order valence-electron chi connectivity index (χ3n) is 3.56. The first-order chi connectivity index (χ1) is 11.6. The number of amides is 1. The molecule has 0 saturated carbocycles. The molecule has 0 unspecified atom stereocenters. The minimum atomic E-state index is -3.57. The number of rotatable bonds is 5. The molecule has 0 aromatic heterocycles. The van der Waals surface area contributed by atoms with Gasteiger partial charge in [0, 0.05) is 25.3 Å². The van der Waals surface area contributed by atoms with Crippen molar-refractivity contribution in [3.63, 3.8) is 0 Å². The van der Waals surface area contributed by atoms with Crippen molar-refractivity contribution in [1.29, 1.82) is 0 Å². The van der Waals surface area contributed by atoms with Gasteiger partial charge in [-0.25, -0.2) is 12.7 Å². The highest BCUT2D eigenvalue weighted by Gasteiger charge is 2.22. The lowest BCUT2D eigenvalue weighted by atomic mass is 10.1.